The van der Waals surface area contributed by atoms with Crippen LogP contribution < -0.4 is 5.32 Å². The van der Waals surface area contributed by atoms with Crippen molar-refractivity contribution in [3.8, 4) is 0 Å². The van der Waals surface area contributed by atoms with Crippen LogP contribution in [0.3, 0.4) is 0 Å². The van der Waals surface area contributed by atoms with Gasteiger partial charge in [0.1, 0.15) is 0 Å². The van der Waals surface area contributed by atoms with Gasteiger partial charge in [-0.1, -0.05) is 45.1 Å². The van der Waals surface area contributed by atoms with Crippen LogP contribution in [0.1, 0.15) is 70.9 Å². The molecule has 1 aromatic rings. The first-order chi connectivity index (χ1) is 8.74. The van der Waals surface area contributed by atoms with E-state index in [1.54, 1.807) is 0 Å². The number of unbranched alkanes of at least 4 members (excludes halogenated alkanes) is 4. The average molecular weight is 248 g/mol. The Hall–Kier alpha value is -0.890. The number of aromatic nitrogens is 1. The van der Waals surface area contributed by atoms with Gasteiger partial charge < -0.3 is 5.32 Å². The summed E-state index contributed by atoms with van der Waals surface area (Å²) in [5.74, 6) is 0. The maximum Gasteiger partial charge on any atom is 0.0315 e. The van der Waals surface area contributed by atoms with Crippen LogP contribution in [0.25, 0.3) is 0 Å². The number of hydrogen-bond acceptors (Lipinski definition) is 2. The third-order valence-corrected chi connectivity index (χ3v) is 3.46. The molecule has 0 aliphatic heterocycles. The zero-order chi connectivity index (χ0) is 13.2. The quantitative estimate of drug-likeness (QED) is 0.652. The average Bonchev–Trinajstić information content (AvgIpc) is 2.39. The lowest BCUT2D eigenvalue weighted by atomic mass is 10.1. The lowest BCUT2D eigenvalue weighted by Gasteiger charge is -2.20. The van der Waals surface area contributed by atoms with Crippen molar-refractivity contribution < 1.29 is 0 Å². The van der Waals surface area contributed by atoms with Crippen LogP contribution in [0, 0.1) is 0 Å². The molecule has 1 unspecified atom stereocenters. The molecular weight excluding hydrogens is 220 g/mol. The molecule has 1 heterocycles. The van der Waals surface area contributed by atoms with E-state index in [1.165, 1.54) is 44.1 Å². The summed E-state index contributed by atoms with van der Waals surface area (Å²) in [6.45, 7) is 6.76. The zero-order valence-corrected chi connectivity index (χ0v) is 12.2. The first kappa shape index (κ1) is 15.2. The van der Waals surface area contributed by atoms with Gasteiger partial charge in [0.25, 0.3) is 0 Å². The van der Waals surface area contributed by atoms with Crippen LogP contribution in [0.15, 0.2) is 24.5 Å². The van der Waals surface area contributed by atoms with Crippen molar-refractivity contribution >= 4 is 0 Å². The largest absolute Gasteiger partial charge is 0.308 e. The highest BCUT2D eigenvalue weighted by atomic mass is 14.9. The van der Waals surface area contributed by atoms with Crippen LogP contribution in [0.2, 0.25) is 0 Å². The van der Waals surface area contributed by atoms with E-state index >= 15 is 0 Å². The van der Waals surface area contributed by atoms with E-state index in [2.05, 4.69) is 37.1 Å². The predicted octanol–water partition coefficient (Wildman–Crippen LogP) is 4.48. The summed E-state index contributed by atoms with van der Waals surface area (Å²) in [4.78, 5) is 4.17. The van der Waals surface area contributed by atoms with Gasteiger partial charge in [-0.25, -0.2) is 0 Å². The molecule has 2 heteroatoms. The monoisotopic (exact) mass is 248 g/mol. The Kier molecular flexibility index (Phi) is 7.66. The van der Waals surface area contributed by atoms with Gasteiger partial charge in [0.15, 0.2) is 0 Å². The highest BCUT2D eigenvalue weighted by molar-refractivity contribution is 5.12. The van der Waals surface area contributed by atoms with Crippen LogP contribution in [0.4, 0.5) is 0 Å². The molecule has 18 heavy (non-hydrogen) atoms. The number of nitrogens with zero attached hydrogens (tertiary/aromatic N) is 1. The van der Waals surface area contributed by atoms with Gasteiger partial charge in [0.2, 0.25) is 0 Å². The van der Waals surface area contributed by atoms with Crippen molar-refractivity contribution in [1.82, 2.24) is 10.3 Å². The minimum atomic E-state index is 0.393. The zero-order valence-electron chi connectivity index (χ0n) is 12.2. The molecule has 2 nitrogen and oxygen atoms in total. The van der Waals surface area contributed by atoms with Gasteiger partial charge in [0, 0.05) is 24.5 Å². The summed E-state index contributed by atoms with van der Waals surface area (Å²) in [6, 6.07) is 5.12. The Balaban J connectivity index is 2.17. The molecule has 102 valence electrons. The van der Waals surface area contributed by atoms with Gasteiger partial charge in [-0.2, -0.15) is 0 Å². The number of pyridine rings is 1. The summed E-state index contributed by atoms with van der Waals surface area (Å²) in [5.41, 5.74) is 1.27. The molecule has 0 aromatic carbocycles. The third-order valence-electron chi connectivity index (χ3n) is 3.46. The van der Waals surface area contributed by atoms with Gasteiger partial charge in [-0.15, -0.1) is 0 Å². The molecule has 0 saturated heterocycles. The predicted molar refractivity (Wildman–Crippen MR) is 78.6 cm³/mol. The van der Waals surface area contributed by atoms with Crippen molar-refractivity contribution in [3.63, 3.8) is 0 Å². The minimum Gasteiger partial charge on any atom is -0.308 e. The number of hydrogen-bond donors (Lipinski definition) is 1. The van der Waals surface area contributed by atoms with Gasteiger partial charge in [-0.3, -0.25) is 4.98 Å². The fourth-order valence-corrected chi connectivity index (χ4v) is 2.29. The first-order valence-corrected chi connectivity index (χ1v) is 7.40. The molecule has 0 saturated carbocycles. The van der Waals surface area contributed by atoms with Crippen molar-refractivity contribution in [2.24, 2.45) is 0 Å². The molecule has 0 fully saturated rings. The van der Waals surface area contributed by atoms with Crippen LogP contribution >= 0.6 is 0 Å². The SMILES string of the molecule is CCCCCCCC(C)N[C@@H](C)c1cccnc1. The Morgan fingerprint density at radius 1 is 1.17 bits per heavy atom. The minimum absolute atomic E-state index is 0.393. The molecule has 0 bridgehead atoms. The second-order valence-electron chi connectivity index (χ2n) is 5.28. The smallest absolute Gasteiger partial charge is 0.0315 e. The van der Waals surface area contributed by atoms with Crippen molar-refractivity contribution in [2.75, 3.05) is 0 Å². The summed E-state index contributed by atoms with van der Waals surface area (Å²) in [6.07, 6.45) is 11.9. The maximum atomic E-state index is 4.17. The van der Waals surface area contributed by atoms with E-state index in [0.29, 0.717) is 12.1 Å². The Bertz CT molecular complexity index is 297. The lowest BCUT2D eigenvalue weighted by Crippen LogP contribution is -2.28. The highest BCUT2D eigenvalue weighted by Crippen LogP contribution is 2.13. The lowest BCUT2D eigenvalue weighted by molar-refractivity contribution is 0.436. The number of nitrogens with one attached hydrogen (secondary N) is 1. The third kappa shape index (κ3) is 6.15. The topological polar surface area (TPSA) is 24.9 Å². The first-order valence-electron chi connectivity index (χ1n) is 7.40. The molecule has 0 radical (unpaired) electrons. The van der Waals surface area contributed by atoms with Gasteiger partial charge >= 0.3 is 0 Å². The normalized spacial score (nSPS) is 14.4. The summed E-state index contributed by atoms with van der Waals surface area (Å²) in [5, 5.41) is 3.65. The molecule has 1 N–H and O–H groups in total. The van der Waals surface area contributed by atoms with Gasteiger partial charge in [-0.05, 0) is 31.9 Å². The van der Waals surface area contributed by atoms with E-state index in [-0.39, 0.29) is 0 Å². The van der Waals surface area contributed by atoms with Crippen molar-refractivity contribution in [1.29, 1.82) is 0 Å². The maximum absolute atomic E-state index is 4.17. The van der Waals surface area contributed by atoms with Gasteiger partial charge in [0.05, 0.1) is 0 Å². The summed E-state index contributed by atoms with van der Waals surface area (Å²) < 4.78 is 0. The molecule has 1 aromatic heterocycles. The molecule has 0 aliphatic rings. The molecule has 0 amide bonds. The van der Waals surface area contributed by atoms with E-state index < -0.39 is 0 Å². The van der Waals surface area contributed by atoms with Crippen LogP contribution in [-0.2, 0) is 0 Å². The Morgan fingerprint density at radius 2 is 1.94 bits per heavy atom. The molecular formula is C16H28N2. The molecule has 0 spiro atoms. The van der Waals surface area contributed by atoms with E-state index in [0.717, 1.165) is 0 Å². The number of rotatable bonds is 9. The van der Waals surface area contributed by atoms with Crippen LogP contribution in [-0.4, -0.2) is 11.0 Å². The Labute approximate surface area is 112 Å². The molecule has 1 rings (SSSR count). The van der Waals surface area contributed by atoms with Crippen LogP contribution in [0.5, 0.6) is 0 Å². The molecule has 0 aliphatic carbocycles. The second kappa shape index (κ2) is 9.09. The summed E-state index contributed by atoms with van der Waals surface area (Å²) in [7, 11) is 0. The Morgan fingerprint density at radius 3 is 2.61 bits per heavy atom. The fraction of sp³-hybridized carbons (Fsp3) is 0.688. The molecule has 2 atom stereocenters. The van der Waals surface area contributed by atoms with E-state index in [4.69, 9.17) is 0 Å². The van der Waals surface area contributed by atoms with Crippen molar-refractivity contribution in [2.45, 2.75) is 71.4 Å². The van der Waals surface area contributed by atoms with E-state index in [1.807, 2.05) is 18.5 Å². The standard InChI is InChI=1S/C16H28N2/c1-4-5-6-7-8-10-14(2)18-15(3)16-11-9-12-17-13-16/h9,11-15,18H,4-8,10H2,1-3H3/t14?,15-/m0/s1. The highest BCUT2D eigenvalue weighted by Gasteiger charge is 2.08. The fourth-order valence-electron chi connectivity index (χ4n) is 2.29. The summed E-state index contributed by atoms with van der Waals surface area (Å²) >= 11 is 0. The van der Waals surface area contributed by atoms with E-state index in [9.17, 15) is 0 Å². The van der Waals surface area contributed by atoms with Crippen molar-refractivity contribution in [3.05, 3.63) is 30.1 Å². The second-order valence-corrected chi connectivity index (χ2v) is 5.28.